The van der Waals surface area contributed by atoms with E-state index in [0.717, 1.165) is 17.3 Å². The van der Waals surface area contributed by atoms with Gasteiger partial charge in [0.25, 0.3) is 5.22 Å². The summed E-state index contributed by atoms with van der Waals surface area (Å²) in [6.07, 6.45) is 3.28. The van der Waals surface area contributed by atoms with Crippen molar-refractivity contribution in [2.24, 2.45) is 5.73 Å². The van der Waals surface area contributed by atoms with Crippen LogP contribution in [0.4, 0.5) is 0 Å². The molecule has 1 amide bonds. The van der Waals surface area contributed by atoms with Gasteiger partial charge in [-0.05, 0) is 12.1 Å². The van der Waals surface area contributed by atoms with Gasteiger partial charge in [0.2, 0.25) is 11.8 Å². The summed E-state index contributed by atoms with van der Waals surface area (Å²) in [4.78, 5) is 14.5. The molecule has 2 rings (SSSR count). The van der Waals surface area contributed by atoms with Crippen molar-refractivity contribution in [1.82, 2.24) is 15.2 Å². The van der Waals surface area contributed by atoms with Crippen LogP contribution in [0.2, 0.25) is 0 Å². The van der Waals surface area contributed by atoms with Crippen molar-refractivity contribution in [1.29, 1.82) is 0 Å². The van der Waals surface area contributed by atoms with E-state index in [9.17, 15) is 4.79 Å². The number of hydrogen-bond donors (Lipinski definition) is 1. The van der Waals surface area contributed by atoms with Gasteiger partial charge in [-0.2, -0.15) is 0 Å². The van der Waals surface area contributed by atoms with Crippen LogP contribution in [0, 0.1) is 0 Å². The second-order valence-electron chi connectivity index (χ2n) is 2.87. The molecule has 0 atom stereocenters. The Hall–Kier alpha value is -1.89. The molecule has 7 heteroatoms. The number of aromatic nitrogens is 3. The van der Waals surface area contributed by atoms with Crippen molar-refractivity contribution in [3.8, 4) is 11.5 Å². The van der Waals surface area contributed by atoms with Gasteiger partial charge in [-0.3, -0.25) is 9.78 Å². The molecule has 0 bridgehead atoms. The number of pyridine rings is 1. The molecule has 0 spiro atoms. The molecule has 16 heavy (non-hydrogen) atoms. The van der Waals surface area contributed by atoms with Crippen molar-refractivity contribution in [2.45, 2.75) is 5.22 Å². The molecule has 0 radical (unpaired) electrons. The zero-order chi connectivity index (χ0) is 11.4. The molecule has 0 fully saturated rings. The molecule has 0 aliphatic rings. The minimum Gasteiger partial charge on any atom is -0.411 e. The summed E-state index contributed by atoms with van der Waals surface area (Å²) in [7, 11) is 0. The standard InChI is InChI=1S/C9H8N4O2S/c10-7(14)5-16-9-13-12-8(15-9)6-2-1-3-11-4-6/h1-4H,5H2,(H2,10,14). The molecule has 0 saturated carbocycles. The number of rotatable bonds is 4. The van der Waals surface area contributed by atoms with Gasteiger partial charge in [-0.15, -0.1) is 10.2 Å². The van der Waals surface area contributed by atoms with Crippen LogP contribution in [0.3, 0.4) is 0 Å². The lowest BCUT2D eigenvalue weighted by molar-refractivity contribution is -0.115. The quantitative estimate of drug-likeness (QED) is 0.785. The Morgan fingerprint density at radius 1 is 1.50 bits per heavy atom. The van der Waals surface area contributed by atoms with Crippen LogP contribution in [-0.4, -0.2) is 26.8 Å². The molecule has 0 unspecified atom stereocenters. The van der Waals surface area contributed by atoms with E-state index in [2.05, 4.69) is 15.2 Å². The topological polar surface area (TPSA) is 94.9 Å². The summed E-state index contributed by atoms with van der Waals surface area (Å²) >= 11 is 1.11. The maximum Gasteiger partial charge on any atom is 0.277 e. The number of amides is 1. The van der Waals surface area contributed by atoms with E-state index in [1.807, 2.05) is 6.07 Å². The van der Waals surface area contributed by atoms with E-state index in [4.69, 9.17) is 10.2 Å². The number of carbonyl (C=O) groups excluding carboxylic acids is 1. The zero-order valence-corrected chi connectivity index (χ0v) is 8.98. The van der Waals surface area contributed by atoms with Gasteiger partial charge in [-0.25, -0.2) is 0 Å². The van der Waals surface area contributed by atoms with Gasteiger partial charge in [0.05, 0.1) is 11.3 Å². The molecule has 0 aliphatic heterocycles. The summed E-state index contributed by atoms with van der Waals surface area (Å²) in [6.45, 7) is 0. The number of nitrogens with two attached hydrogens (primary N) is 1. The monoisotopic (exact) mass is 236 g/mol. The van der Waals surface area contributed by atoms with Crippen LogP contribution in [0.1, 0.15) is 0 Å². The fraction of sp³-hybridized carbons (Fsp3) is 0.111. The smallest absolute Gasteiger partial charge is 0.277 e. The number of nitrogens with zero attached hydrogens (tertiary/aromatic N) is 3. The Balaban J connectivity index is 2.11. The summed E-state index contributed by atoms with van der Waals surface area (Å²) in [6, 6.07) is 3.58. The Labute approximate surface area is 95.3 Å². The fourth-order valence-corrected chi connectivity index (χ4v) is 1.51. The summed E-state index contributed by atoms with van der Waals surface area (Å²) in [5.41, 5.74) is 5.74. The van der Waals surface area contributed by atoms with E-state index in [-0.39, 0.29) is 5.75 Å². The number of primary amides is 1. The van der Waals surface area contributed by atoms with Crippen LogP contribution in [0.25, 0.3) is 11.5 Å². The maximum atomic E-state index is 10.6. The van der Waals surface area contributed by atoms with Crippen molar-refractivity contribution in [3.63, 3.8) is 0 Å². The van der Waals surface area contributed by atoms with Crippen molar-refractivity contribution in [3.05, 3.63) is 24.5 Å². The fourth-order valence-electron chi connectivity index (χ4n) is 1.01. The third-order valence-corrected chi connectivity index (χ3v) is 2.49. The Morgan fingerprint density at radius 3 is 3.06 bits per heavy atom. The molecule has 2 aromatic rings. The van der Waals surface area contributed by atoms with Gasteiger partial charge < -0.3 is 10.2 Å². The van der Waals surface area contributed by atoms with Gasteiger partial charge in [0, 0.05) is 12.4 Å². The first kappa shape index (κ1) is 10.6. The average molecular weight is 236 g/mol. The number of hydrogen-bond acceptors (Lipinski definition) is 6. The van der Waals surface area contributed by atoms with Crippen molar-refractivity contribution >= 4 is 17.7 Å². The second-order valence-corrected chi connectivity index (χ2v) is 3.80. The predicted octanol–water partition coefficient (Wildman–Crippen LogP) is 0.709. The average Bonchev–Trinajstić information content (AvgIpc) is 2.76. The largest absolute Gasteiger partial charge is 0.411 e. The molecule has 2 N–H and O–H groups in total. The molecule has 0 saturated heterocycles. The Bertz CT molecular complexity index is 485. The van der Waals surface area contributed by atoms with Gasteiger partial charge in [-0.1, -0.05) is 11.8 Å². The highest BCUT2D eigenvalue weighted by Crippen LogP contribution is 2.21. The van der Waals surface area contributed by atoms with E-state index >= 15 is 0 Å². The summed E-state index contributed by atoms with van der Waals surface area (Å²) < 4.78 is 5.31. The Kier molecular flexibility index (Phi) is 3.16. The second kappa shape index (κ2) is 4.75. The van der Waals surface area contributed by atoms with Crippen LogP contribution in [0.5, 0.6) is 0 Å². The first-order valence-electron chi connectivity index (χ1n) is 4.41. The minimum absolute atomic E-state index is 0.120. The maximum absolute atomic E-state index is 10.6. The number of carbonyl (C=O) groups is 1. The Morgan fingerprint density at radius 2 is 2.38 bits per heavy atom. The summed E-state index contributed by atoms with van der Waals surface area (Å²) in [5, 5.41) is 7.93. The summed E-state index contributed by atoms with van der Waals surface area (Å²) in [5.74, 6) is 0.0699. The zero-order valence-electron chi connectivity index (χ0n) is 8.16. The van der Waals surface area contributed by atoms with Crippen LogP contribution in [0.15, 0.2) is 34.2 Å². The van der Waals surface area contributed by atoms with E-state index in [1.165, 1.54) is 0 Å². The highest BCUT2D eigenvalue weighted by atomic mass is 32.2. The third-order valence-electron chi connectivity index (χ3n) is 1.65. The molecule has 0 aromatic carbocycles. The van der Waals surface area contributed by atoms with E-state index in [1.54, 1.807) is 18.5 Å². The van der Waals surface area contributed by atoms with Crippen molar-refractivity contribution in [2.75, 3.05) is 5.75 Å². The van der Waals surface area contributed by atoms with Gasteiger partial charge in [0.15, 0.2) is 0 Å². The van der Waals surface area contributed by atoms with E-state index in [0.29, 0.717) is 11.1 Å². The third kappa shape index (κ3) is 2.57. The van der Waals surface area contributed by atoms with Crippen LogP contribution < -0.4 is 5.73 Å². The molecule has 2 aromatic heterocycles. The minimum atomic E-state index is -0.425. The lowest BCUT2D eigenvalue weighted by Gasteiger charge is -1.91. The van der Waals surface area contributed by atoms with Crippen molar-refractivity contribution < 1.29 is 9.21 Å². The first-order chi connectivity index (χ1) is 7.75. The molecule has 2 heterocycles. The number of thioether (sulfide) groups is 1. The SMILES string of the molecule is NC(=O)CSc1nnc(-c2cccnc2)o1. The lowest BCUT2D eigenvalue weighted by atomic mass is 10.3. The molecule has 6 nitrogen and oxygen atoms in total. The van der Waals surface area contributed by atoms with Crippen LogP contribution >= 0.6 is 11.8 Å². The van der Waals surface area contributed by atoms with Crippen LogP contribution in [-0.2, 0) is 4.79 Å². The normalized spacial score (nSPS) is 10.2. The molecule has 0 aliphatic carbocycles. The van der Waals surface area contributed by atoms with Gasteiger partial charge in [0.1, 0.15) is 0 Å². The van der Waals surface area contributed by atoms with E-state index < -0.39 is 5.91 Å². The highest BCUT2D eigenvalue weighted by Gasteiger charge is 2.09. The molecule has 82 valence electrons. The van der Waals surface area contributed by atoms with Gasteiger partial charge >= 0.3 is 0 Å². The first-order valence-corrected chi connectivity index (χ1v) is 5.39. The molecular formula is C9H8N4O2S. The highest BCUT2D eigenvalue weighted by molar-refractivity contribution is 7.99. The predicted molar refractivity (Wildman–Crippen MR) is 57.4 cm³/mol. The lowest BCUT2D eigenvalue weighted by Crippen LogP contribution is -2.12. The molecular weight excluding hydrogens is 228 g/mol.